The number of amides is 1. The van der Waals surface area contributed by atoms with Crippen LogP contribution in [0.25, 0.3) is 0 Å². The van der Waals surface area contributed by atoms with Gasteiger partial charge in [-0.1, -0.05) is 0 Å². The quantitative estimate of drug-likeness (QED) is 0.810. The van der Waals surface area contributed by atoms with Crippen molar-refractivity contribution in [2.24, 2.45) is 11.3 Å². The van der Waals surface area contributed by atoms with Gasteiger partial charge in [0, 0.05) is 71.1 Å². The van der Waals surface area contributed by atoms with Crippen LogP contribution in [0.3, 0.4) is 0 Å². The summed E-state index contributed by atoms with van der Waals surface area (Å²) in [4.78, 5) is 30.7. The van der Waals surface area contributed by atoms with Crippen molar-refractivity contribution in [1.82, 2.24) is 9.80 Å². The van der Waals surface area contributed by atoms with Crippen LogP contribution in [0.2, 0.25) is 0 Å². The molecule has 142 valence electrons. The van der Waals surface area contributed by atoms with Crippen LogP contribution in [0, 0.1) is 11.3 Å². The third kappa shape index (κ3) is 3.29. The second-order valence-corrected chi connectivity index (χ2v) is 7.51. The first-order valence-corrected chi connectivity index (χ1v) is 8.89. The molecule has 3 rings (SSSR count). The Hall–Kier alpha value is -2.12. The number of hydrogen-bond donors (Lipinski definition) is 1. The van der Waals surface area contributed by atoms with Crippen LogP contribution in [0.5, 0.6) is 0 Å². The number of likely N-dealkylation sites (tertiary alicyclic amines) is 2. The molecule has 2 saturated heterocycles. The molecule has 1 aromatic rings. The molecule has 7 nitrogen and oxygen atoms in total. The molecule has 0 aromatic heterocycles. The predicted octanol–water partition coefficient (Wildman–Crippen LogP) is 0.858. The third-order valence-corrected chi connectivity index (χ3v) is 5.64. The molecule has 2 aliphatic heterocycles. The van der Waals surface area contributed by atoms with E-state index in [0.717, 1.165) is 12.2 Å². The van der Waals surface area contributed by atoms with Crippen molar-refractivity contribution >= 4 is 17.6 Å². The molecule has 0 spiro atoms. The molecule has 1 aromatic carbocycles. The van der Waals surface area contributed by atoms with Gasteiger partial charge in [-0.25, -0.2) is 0 Å². The van der Waals surface area contributed by atoms with Gasteiger partial charge in [0.05, 0.1) is 6.61 Å². The number of methoxy groups -OCH3 is 1. The first kappa shape index (κ1) is 18.7. The molecule has 0 bridgehead atoms. The maximum absolute atomic E-state index is 12.9. The summed E-state index contributed by atoms with van der Waals surface area (Å²) in [7, 11) is 5.54. The number of benzene rings is 1. The van der Waals surface area contributed by atoms with Gasteiger partial charge in [0.25, 0.3) is 5.91 Å². The standard InChI is InChI=1S/C19H27N3O4/c1-20(2)16-6-4-14(5-7-16)17(23)22-11-15-10-21(8-9-26-3)12-19(15,13-22)18(24)25/h4-7,15H,8-13H2,1-3H3,(H,24,25)/t15-,19-/m1/s1. The van der Waals surface area contributed by atoms with E-state index in [1.54, 1.807) is 12.0 Å². The SMILES string of the molecule is COCCN1C[C@@H]2CN(C(=O)c3ccc(N(C)C)cc3)C[C@]2(C(=O)O)C1. The molecule has 0 saturated carbocycles. The topological polar surface area (TPSA) is 73.3 Å². The molecule has 2 atom stereocenters. The van der Waals surface area contributed by atoms with E-state index in [9.17, 15) is 14.7 Å². The number of carboxylic acid groups (broad SMARTS) is 1. The zero-order valence-corrected chi connectivity index (χ0v) is 15.6. The average Bonchev–Trinajstić information content (AvgIpc) is 3.14. The van der Waals surface area contributed by atoms with E-state index in [-0.39, 0.29) is 18.4 Å². The predicted molar refractivity (Wildman–Crippen MR) is 98.5 cm³/mol. The maximum atomic E-state index is 12.9. The maximum Gasteiger partial charge on any atom is 0.313 e. The van der Waals surface area contributed by atoms with Crippen molar-refractivity contribution in [3.8, 4) is 0 Å². The van der Waals surface area contributed by atoms with Gasteiger partial charge in [0.1, 0.15) is 5.41 Å². The number of carboxylic acids is 1. The fourth-order valence-electron chi connectivity index (χ4n) is 4.10. The van der Waals surface area contributed by atoms with Crippen molar-refractivity contribution in [1.29, 1.82) is 0 Å². The third-order valence-electron chi connectivity index (χ3n) is 5.64. The highest BCUT2D eigenvalue weighted by Gasteiger charge is 2.58. The fourth-order valence-corrected chi connectivity index (χ4v) is 4.10. The molecule has 2 aliphatic rings. The van der Waals surface area contributed by atoms with Crippen LogP contribution in [0.4, 0.5) is 5.69 Å². The summed E-state index contributed by atoms with van der Waals surface area (Å²) in [6, 6.07) is 7.43. The van der Waals surface area contributed by atoms with Gasteiger partial charge in [-0.3, -0.25) is 14.5 Å². The summed E-state index contributed by atoms with van der Waals surface area (Å²) >= 11 is 0. The largest absolute Gasteiger partial charge is 0.481 e. The Bertz CT molecular complexity index is 676. The Labute approximate surface area is 154 Å². The van der Waals surface area contributed by atoms with Gasteiger partial charge in [0.15, 0.2) is 0 Å². The second-order valence-electron chi connectivity index (χ2n) is 7.51. The van der Waals surface area contributed by atoms with E-state index >= 15 is 0 Å². The molecular formula is C19H27N3O4. The molecule has 0 radical (unpaired) electrons. The average molecular weight is 361 g/mol. The number of ether oxygens (including phenoxy) is 1. The summed E-state index contributed by atoms with van der Waals surface area (Å²) in [6.07, 6.45) is 0. The molecule has 1 N–H and O–H groups in total. The van der Waals surface area contributed by atoms with E-state index in [2.05, 4.69) is 4.90 Å². The molecule has 1 amide bonds. The van der Waals surface area contributed by atoms with Crippen molar-refractivity contribution in [3.05, 3.63) is 29.8 Å². The van der Waals surface area contributed by atoms with Gasteiger partial charge < -0.3 is 19.6 Å². The van der Waals surface area contributed by atoms with Crippen molar-refractivity contribution in [2.75, 3.05) is 65.4 Å². The Kier molecular flexibility index (Phi) is 5.20. The van der Waals surface area contributed by atoms with Crippen LogP contribution in [0.15, 0.2) is 24.3 Å². The number of nitrogens with zero attached hydrogens (tertiary/aromatic N) is 3. The number of hydrogen-bond acceptors (Lipinski definition) is 5. The number of aliphatic carboxylic acids is 1. The number of anilines is 1. The van der Waals surface area contributed by atoms with Crippen LogP contribution < -0.4 is 4.90 Å². The van der Waals surface area contributed by atoms with E-state index in [0.29, 0.717) is 31.8 Å². The number of fused-ring (bicyclic) bond motifs is 1. The minimum Gasteiger partial charge on any atom is -0.481 e. The molecular weight excluding hydrogens is 334 g/mol. The highest BCUT2D eigenvalue weighted by atomic mass is 16.5. The smallest absolute Gasteiger partial charge is 0.313 e. The van der Waals surface area contributed by atoms with Crippen molar-refractivity contribution in [3.63, 3.8) is 0 Å². The highest BCUT2D eigenvalue weighted by molar-refractivity contribution is 5.95. The summed E-state index contributed by atoms with van der Waals surface area (Å²) in [6.45, 7) is 3.23. The van der Waals surface area contributed by atoms with Crippen LogP contribution in [-0.4, -0.2) is 87.3 Å². The molecule has 0 unspecified atom stereocenters. The van der Waals surface area contributed by atoms with Gasteiger partial charge in [-0.15, -0.1) is 0 Å². The number of carbonyl (C=O) groups is 2. The van der Waals surface area contributed by atoms with Crippen molar-refractivity contribution in [2.45, 2.75) is 0 Å². The minimum absolute atomic E-state index is 0.0399. The summed E-state index contributed by atoms with van der Waals surface area (Å²) < 4.78 is 5.11. The van der Waals surface area contributed by atoms with E-state index in [1.807, 2.05) is 43.3 Å². The number of rotatable bonds is 6. The van der Waals surface area contributed by atoms with Crippen LogP contribution >= 0.6 is 0 Å². The van der Waals surface area contributed by atoms with E-state index in [4.69, 9.17) is 4.74 Å². The molecule has 0 aliphatic carbocycles. The molecule has 2 heterocycles. The lowest BCUT2D eigenvalue weighted by Gasteiger charge is -2.25. The Morgan fingerprint density at radius 3 is 2.46 bits per heavy atom. The van der Waals surface area contributed by atoms with Gasteiger partial charge in [-0.05, 0) is 24.3 Å². The van der Waals surface area contributed by atoms with Crippen LogP contribution in [-0.2, 0) is 9.53 Å². The Balaban J connectivity index is 1.72. The van der Waals surface area contributed by atoms with Crippen LogP contribution in [0.1, 0.15) is 10.4 Å². The van der Waals surface area contributed by atoms with Gasteiger partial charge >= 0.3 is 5.97 Å². The summed E-state index contributed by atoms with van der Waals surface area (Å²) in [5, 5.41) is 9.88. The number of carbonyl (C=O) groups excluding carboxylic acids is 1. The van der Waals surface area contributed by atoms with E-state index < -0.39 is 11.4 Å². The molecule has 26 heavy (non-hydrogen) atoms. The van der Waals surface area contributed by atoms with Crippen molar-refractivity contribution < 1.29 is 19.4 Å². The van der Waals surface area contributed by atoms with Gasteiger partial charge in [0.2, 0.25) is 0 Å². The fraction of sp³-hybridized carbons (Fsp3) is 0.579. The minimum atomic E-state index is -0.868. The zero-order chi connectivity index (χ0) is 18.9. The first-order valence-electron chi connectivity index (χ1n) is 8.89. The highest BCUT2D eigenvalue weighted by Crippen LogP contribution is 2.43. The second kappa shape index (κ2) is 7.25. The summed E-state index contributed by atoms with van der Waals surface area (Å²) in [5.41, 5.74) is 0.760. The first-order chi connectivity index (χ1) is 12.4. The molecule has 7 heteroatoms. The van der Waals surface area contributed by atoms with Gasteiger partial charge in [-0.2, -0.15) is 0 Å². The monoisotopic (exact) mass is 361 g/mol. The normalized spacial score (nSPS) is 25.3. The lowest BCUT2D eigenvalue weighted by Crippen LogP contribution is -2.42. The Morgan fingerprint density at radius 1 is 1.23 bits per heavy atom. The van der Waals surface area contributed by atoms with E-state index in [1.165, 1.54) is 0 Å². The lowest BCUT2D eigenvalue weighted by atomic mass is 9.81. The summed E-state index contributed by atoms with van der Waals surface area (Å²) in [5.74, 6) is -0.934. The molecule has 2 fully saturated rings. The Morgan fingerprint density at radius 2 is 1.92 bits per heavy atom. The zero-order valence-electron chi connectivity index (χ0n) is 15.6. The lowest BCUT2D eigenvalue weighted by molar-refractivity contribution is -0.148.